The molecule has 2 atom stereocenters. The number of carbonyl (C=O) groups excluding carboxylic acids is 1. The van der Waals surface area contributed by atoms with E-state index >= 15 is 0 Å². The normalized spacial score (nSPS) is 29.6. The predicted octanol–water partition coefficient (Wildman–Crippen LogP) is 4.24. The van der Waals surface area contributed by atoms with Gasteiger partial charge < -0.3 is 9.16 Å². The number of hydrogen-bond acceptors (Lipinski definition) is 3. The van der Waals surface area contributed by atoms with Crippen molar-refractivity contribution < 1.29 is 14.0 Å². The van der Waals surface area contributed by atoms with Crippen molar-refractivity contribution in [2.45, 2.75) is 51.9 Å². The summed E-state index contributed by atoms with van der Waals surface area (Å²) in [6, 6.07) is 0. The minimum Gasteiger partial charge on any atom is -0.468 e. The molecule has 1 rings (SSSR count). The summed E-state index contributed by atoms with van der Waals surface area (Å²) in [5.41, 5.74) is -1.08. The monoisotopic (exact) mass is 308 g/mol. The molecule has 1 fully saturated rings. The maximum absolute atomic E-state index is 12.4. The number of hydrogen-bond donors (Lipinski definition) is 0. The molecule has 21 heavy (non-hydrogen) atoms. The zero-order valence-corrected chi connectivity index (χ0v) is 15.1. The summed E-state index contributed by atoms with van der Waals surface area (Å²) in [7, 11) is -0.315. The van der Waals surface area contributed by atoms with Gasteiger partial charge in [0.05, 0.1) is 12.7 Å². The highest BCUT2D eigenvalue weighted by molar-refractivity contribution is 6.69. The summed E-state index contributed by atoms with van der Waals surface area (Å²) in [4.78, 5) is 12.4. The Hall–Kier alpha value is -1.13. The summed E-state index contributed by atoms with van der Waals surface area (Å²) in [6.07, 6.45) is 13.3. The number of methoxy groups -OCH3 is 1. The van der Waals surface area contributed by atoms with E-state index in [1.807, 2.05) is 50.3 Å². The Bertz CT molecular complexity index is 459. The van der Waals surface area contributed by atoms with Crippen LogP contribution in [0, 0.1) is 5.41 Å². The first-order chi connectivity index (χ1) is 9.77. The minimum absolute atomic E-state index is 0.177. The predicted molar refractivity (Wildman–Crippen MR) is 89.6 cm³/mol. The van der Waals surface area contributed by atoms with E-state index in [-0.39, 0.29) is 5.97 Å². The van der Waals surface area contributed by atoms with E-state index in [4.69, 9.17) is 9.16 Å². The number of esters is 1. The van der Waals surface area contributed by atoms with Crippen molar-refractivity contribution in [3.63, 3.8) is 0 Å². The van der Waals surface area contributed by atoms with Crippen LogP contribution in [-0.4, -0.2) is 27.0 Å². The van der Waals surface area contributed by atoms with Gasteiger partial charge in [-0.3, -0.25) is 4.79 Å². The molecule has 0 aromatic rings. The molecule has 0 heterocycles. The van der Waals surface area contributed by atoms with Crippen molar-refractivity contribution >= 4 is 14.3 Å². The molecule has 0 aromatic carbocycles. The number of rotatable bonds is 7. The van der Waals surface area contributed by atoms with Crippen LogP contribution in [-0.2, 0) is 14.0 Å². The van der Waals surface area contributed by atoms with Crippen molar-refractivity contribution in [3.8, 4) is 0 Å². The van der Waals surface area contributed by atoms with Crippen molar-refractivity contribution in [1.82, 2.24) is 0 Å². The molecular weight excluding hydrogens is 280 g/mol. The lowest BCUT2D eigenvalue weighted by Crippen LogP contribution is -2.38. The molecule has 0 aliphatic heterocycles. The standard InChI is InChI=1S/C17H28O3Si/c1-7-9-10-11-13-16(15(18)19-3)14-17(16,12-8-2)20-21(4,5)6/h7-12H,13-14H2,1-6H3/b9-7+,11-10+,12-8+/t16-,17+/m1/s1. The highest BCUT2D eigenvalue weighted by Crippen LogP contribution is 2.63. The number of ether oxygens (including phenoxy) is 1. The third kappa shape index (κ3) is 3.95. The Morgan fingerprint density at radius 1 is 1.19 bits per heavy atom. The van der Waals surface area contributed by atoms with Crippen LogP contribution in [0.5, 0.6) is 0 Å². The average molecular weight is 308 g/mol. The Labute approximate surface area is 129 Å². The van der Waals surface area contributed by atoms with Crippen molar-refractivity contribution in [3.05, 3.63) is 36.5 Å². The van der Waals surface area contributed by atoms with Gasteiger partial charge in [0.15, 0.2) is 8.32 Å². The van der Waals surface area contributed by atoms with E-state index in [1.165, 1.54) is 7.11 Å². The van der Waals surface area contributed by atoms with E-state index < -0.39 is 19.3 Å². The van der Waals surface area contributed by atoms with Gasteiger partial charge in [0.2, 0.25) is 0 Å². The molecule has 0 spiro atoms. The second kappa shape index (κ2) is 6.75. The van der Waals surface area contributed by atoms with Crippen LogP contribution in [0.1, 0.15) is 26.7 Å². The van der Waals surface area contributed by atoms with E-state index in [0.717, 1.165) is 0 Å². The van der Waals surface area contributed by atoms with Gasteiger partial charge in [0, 0.05) is 0 Å². The summed E-state index contributed by atoms with van der Waals surface area (Å²) in [6.45, 7) is 10.4. The second-order valence-corrected chi connectivity index (χ2v) is 10.9. The van der Waals surface area contributed by atoms with Crippen LogP contribution in [0.2, 0.25) is 19.6 Å². The van der Waals surface area contributed by atoms with E-state index in [2.05, 4.69) is 19.6 Å². The lowest BCUT2D eigenvalue weighted by molar-refractivity contribution is -0.149. The third-order valence-corrected chi connectivity index (χ3v) is 4.63. The number of carbonyl (C=O) groups is 1. The van der Waals surface area contributed by atoms with E-state index in [9.17, 15) is 4.79 Å². The van der Waals surface area contributed by atoms with Gasteiger partial charge in [-0.15, -0.1) is 0 Å². The van der Waals surface area contributed by atoms with Crippen LogP contribution in [0.4, 0.5) is 0 Å². The first-order valence-electron chi connectivity index (χ1n) is 7.47. The molecular formula is C17H28O3Si. The molecule has 3 nitrogen and oxygen atoms in total. The van der Waals surface area contributed by atoms with Gasteiger partial charge >= 0.3 is 5.97 Å². The fraction of sp³-hybridized carbons (Fsp3) is 0.588. The van der Waals surface area contributed by atoms with E-state index in [1.54, 1.807) is 0 Å². The highest BCUT2D eigenvalue weighted by Gasteiger charge is 2.72. The Morgan fingerprint density at radius 2 is 1.86 bits per heavy atom. The van der Waals surface area contributed by atoms with Gasteiger partial charge in [-0.05, 0) is 46.3 Å². The third-order valence-electron chi connectivity index (χ3n) is 3.66. The summed E-state index contributed by atoms with van der Waals surface area (Å²) in [5, 5.41) is 0. The molecule has 0 amide bonds. The molecule has 4 heteroatoms. The molecule has 0 radical (unpaired) electrons. The van der Waals surface area contributed by atoms with Crippen LogP contribution in [0.3, 0.4) is 0 Å². The molecule has 0 saturated heterocycles. The van der Waals surface area contributed by atoms with Crippen molar-refractivity contribution in [2.75, 3.05) is 7.11 Å². The smallest absolute Gasteiger partial charge is 0.315 e. The summed E-state index contributed by atoms with van der Waals surface area (Å²) >= 11 is 0. The Morgan fingerprint density at radius 3 is 2.33 bits per heavy atom. The lowest BCUT2D eigenvalue weighted by Gasteiger charge is -2.28. The van der Waals surface area contributed by atoms with Gasteiger partial charge in [0.25, 0.3) is 0 Å². The fourth-order valence-corrected chi connectivity index (χ4v) is 4.26. The first-order valence-corrected chi connectivity index (χ1v) is 10.9. The van der Waals surface area contributed by atoms with Gasteiger partial charge in [-0.25, -0.2) is 0 Å². The van der Waals surface area contributed by atoms with Gasteiger partial charge in [-0.2, -0.15) is 0 Å². The van der Waals surface area contributed by atoms with Gasteiger partial charge in [-0.1, -0.05) is 36.5 Å². The first kappa shape index (κ1) is 17.9. The van der Waals surface area contributed by atoms with Crippen LogP contribution in [0.15, 0.2) is 36.5 Å². The second-order valence-electron chi connectivity index (χ2n) is 6.51. The van der Waals surface area contributed by atoms with Gasteiger partial charge in [0.1, 0.15) is 5.41 Å². The zero-order valence-electron chi connectivity index (χ0n) is 14.1. The molecule has 0 bridgehead atoms. The van der Waals surface area contributed by atoms with Crippen LogP contribution >= 0.6 is 0 Å². The lowest BCUT2D eigenvalue weighted by atomic mass is 9.96. The zero-order chi connectivity index (χ0) is 16.1. The van der Waals surface area contributed by atoms with Crippen molar-refractivity contribution in [2.24, 2.45) is 5.41 Å². The molecule has 118 valence electrons. The Balaban J connectivity index is 3.07. The van der Waals surface area contributed by atoms with E-state index in [0.29, 0.717) is 12.8 Å². The summed E-state index contributed by atoms with van der Waals surface area (Å²) in [5.74, 6) is -0.177. The van der Waals surface area contributed by atoms with Crippen LogP contribution < -0.4 is 0 Å². The van der Waals surface area contributed by atoms with Crippen LogP contribution in [0.25, 0.3) is 0 Å². The average Bonchev–Trinajstić information content (AvgIpc) is 3.00. The summed E-state index contributed by atoms with van der Waals surface area (Å²) < 4.78 is 11.4. The molecule has 1 aliphatic carbocycles. The maximum Gasteiger partial charge on any atom is 0.315 e. The molecule has 1 aliphatic rings. The molecule has 1 saturated carbocycles. The maximum atomic E-state index is 12.4. The molecule has 0 N–H and O–H groups in total. The Kier molecular flexibility index (Phi) is 5.76. The quantitative estimate of drug-likeness (QED) is 0.305. The largest absolute Gasteiger partial charge is 0.468 e. The number of allylic oxidation sites excluding steroid dienone is 5. The van der Waals surface area contributed by atoms with Crippen molar-refractivity contribution in [1.29, 1.82) is 0 Å². The topological polar surface area (TPSA) is 35.5 Å². The minimum atomic E-state index is -1.77. The SMILES string of the molecule is C/C=C/C=C/C[C@]1(C(=O)OC)C[C@]1(/C=C/C)O[Si](C)(C)C. The highest BCUT2D eigenvalue weighted by atomic mass is 28.4. The molecule has 0 aromatic heterocycles. The fourth-order valence-electron chi connectivity index (χ4n) is 2.83. The molecule has 0 unspecified atom stereocenters.